The van der Waals surface area contributed by atoms with Crippen LogP contribution in [0, 0.1) is 34.5 Å². The first-order valence-corrected chi connectivity index (χ1v) is 11.5. The lowest BCUT2D eigenvalue weighted by Crippen LogP contribution is -2.58. The predicted molar refractivity (Wildman–Crippen MR) is 110 cm³/mol. The third-order valence-electron chi connectivity index (χ3n) is 10.5. The summed E-state index contributed by atoms with van der Waals surface area (Å²) < 4.78 is 0. The van der Waals surface area contributed by atoms with E-state index >= 15 is 0 Å². The third kappa shape index (κ3) is 2.31. The number of aliphatic hydroxyl groups is 1. The summed E-state index contributed by atoms with van der Waals surface area (Å²) in [7, 11) is 6.77. The minimum atomic E-state index is -0.0913. The summed E-state index contributed by atoms with van der Waals surface area (Å²) in [6.07, 6.45) is 11.5. The molecule has 0 unspecified atom stereocenters. The second kappa shape index (κ2) is 6.06. The highest BCUT2D eigenvalue weighted by Gasteiger charge is 2.67. The first-order chi connectivity index (χ1) is 12.8. The van der Waals surface area contributed by atoms with Crippen molar-refractivity contribution in [2.75, 3.05) is 27.7 Å². The summed E-state index contributed by atoms with van der Waals surface area (Å²) in [4.78, 5) is 4.98. The number of rotatable bonds is 1. The van der Waals surface area contributed by atoms with Crippen LogP contribution in [0.1, 0.15) is 58.8 Å². The Morgan fingerprint density at radius 1 is 1.15 bits per heavy atom. The van der Waals surface area contributed by atoms with Gasteiger partial charge in [0.2, 0.25) is 0 Å². The van der Waals surface area contributed by atoms with Gasteiger partial charge in [0, 0.05) is 24.0 Å². The molecule has 5 rings (SSSR count). The van der Waals surface area contributed by atoms with Gasteiger partial charge >= 0.3 is 0 Å². The summed E-state index contributed by atoms with van der Waals surface area (Å²) >= 11 is 0. The topological polar surface area (TPSA) is 26.7 Å². The molecule has 3 saturated carbocycles. The fourth-order valence-electron chi connectivity index (χ4n) is 8.84. The first kappa shape index (κ1) is 18.6. The number of hydrogen-bond acceptors (Lipinski definition) is 3. The molecule has 0 amide bonds. The van der Waals surface area contributed by atoms with Gasteiger partial charge in [-0.1, -0.05) is 18.6 Å². The lowest BCUT2D eigenvalue weighted by Gasteiger charge is -2.60. The van der Waals surface area contributed by atoms with Crippen molar-refractivity contribution in [3.8, 4) is 0 Å². The molecule has 0 aromatic rings. The average Bonchev–Trinajstić information content (AvgIpc) is 3.12. The molecule has 0 radical (unpaired) electrons. The Kier molecular flexibility index (Phi) is 4.18. The van der Waals surface area contributed by atoms with Gasteiger partial charge < -0.3 is 14.9 Å². The second-order valence-electron chi connectivity index (χ2n) is 11.3. The van der Waals surface area contributed by atoms with E-state index in [0.29, 0.717) is 29.3 Å². The van der Waals surface area contributed by atoms with Crippen LogP contribution in [0.5, 0.6) is 0 Å². The molecule has 3 nitrogen and oxygen atoms in total. The molecule has 3 heteroatoms. The largest absolute Gasteiger partial charge is 0.392 e. The Balaban J connectivity index is 1.49. The fourth-order valence-corrected chi connectivity index (χ4v) is 8.84. The number of allylic oxidation sites excluding steroid dienone is 1. The van der Waals surface area contributed by atoms with E-state index in [1.807, 2.05) is 0 Å². The quantitative estimate of drug-likeness (QED) is 0.710. The molecule has 1 aliphatic heterocycles. The van der Waals surface area contributed by atoms with E-state index in [4.69, 9.17) is 0 Å². The minimum absolute atomic E-state index is 0.0913. The number of fused-ring (bicyclic) bond motifs is 4. The molecule has 0 aromatic carbocycles. The van der Waals surface area contributed by atoms with Gasteiger partial charge in [0.25, 0.3) is 0 Å². The second-order valence-corrected chi connectivity index (χ2v) is 11.3. The molecule has 1 heterocycles. The van der Waals surface area contributed by atoms with E-state index in [1.54, 1.807) is 5.57 Å². The fraction of sp³-hybridized carbons (Fsp3) is 0.917. The van der Waals surface area contributed by atoms with Gasteiger partial charge in [-0.15, -0.1) is 0 Å². The Morgan fingerprint density at radius 3 is 2.63 bits per heavy atom. The van der Waals surface area contributed by atoms with E-state index in [0.717, 1.165) is 24.8 Å². The first-order valence-electron chi connectivity index (χ1n) is 11.5. The van der Waals surface area contributed by atoms with Gasteiger partial charge in [0.05, 0.1) is 6.10 Å². The molecule has 4 fully saturated rings. The van der Waals surface area contributed by atoms with Crippen LogP contribution in [0.15, 0.2) is 11.6 Å². The van der Waals surface area contributed by atoms with Crippen molar-refractivity contribution >= 4 is 0 Å². The summed E-state index contributed by atoms with van der Waals surface area (Å²) in [5.74, 6) is 2.96. The van der Waals surface area contributed by atoms with Gasteiger partial charge in [0.15, 0.2) is 0 Å². The highest BCUT2D eigenvalue weighted by atomic mass is 16.3. The molecule has 1 spiro atoms. The molecule has 1 saturated heterocycles. The molecule has 9 atom stereocenters. The monoisotopic (exact) mass is 372 g/mol. The SMILES string of the molecule is C[C@H]1[C@H]2CC[C@H]3[C@@H]4CC=C5C[C@@H](N(C)C)CC[C@]5(C)[C@H]4C[C@@H](O)[C@]23CN1C. The zero-order chi connectivity index (χ0) is 19.1. The normalized spacial score (nSPS) is 54.9. The van der Waals surface area contributed by atoms with Crippen molar-refractivity contribution in [1.29, 1.82) is 0 Å². The molecular formula is C24H40N2O. The van der Waals surface area contributed by atoms with Crippen molar-refractivity contribution in [1.82, 2.24) is 9.80 Å². The number of aliphatic hydroxyl groups excluding tert-OH is 1. The van der Waals surface area contributed by atoms with E-state index in [1.165, 1.54) is 38.5 Å². The van der Waals surface area contributed by atoms with Crippen LogP contribution >= 0.6 is 0 Å². The maximum Gasteiger partial charge on any atom is 0.0617 e. The summed E-state index contributed by atoms with van der Waals surface area (Å²) in [5.41, 5.74) is 2.26. The molecule has 27 heavy (non-hydrogen) atoms. The maximum absolute atomic E-state index is 11.6. The van der Waals surface area contributed by atoms with Crippen molar-refractivity contribution < 1.29 is 5.11 Å². The van der Waals surface area contributed by atoms with Crippen molar-refractivity contribution in [2.24, 2.45) is 34.5 Å². The standard InChI is InChI=1S/C24H40N2O/c1-15-19-8-9-20-18-7-6-16-12-17(25(3)4)10-11-23(16,2)21(18)13-22(27)24(19,20)14-26(15)5/h6,15,17-22,27H,7-14H2,1-5H3/t15-,17-,18-,19+,20-,21-,22+,23-,24+/m0/s1. The van der Waals surface area contributed by atoms with E-state index in [-0.39, 0.29) is 11.5 Å². The van der Waals surface area contributed by atoms with E-state index in [9.17, 15) is 5.11 Å². The third-order valence-corrected chi connectivity index (χ3v) is 10.5. The van der Waals surface area contributed by atoms with E-state index < -0.39 is 0 Å². The number of hydrogen-bond donors (Lipinski definition) is 1. The van der Waals surface area contributed by atoms with Gasteiger partial charge in [0.1, 0.15) is 0 Å². The minimum Gasteiger partial charge on any atom is -0.392 e. The predicted octanol–water partition coefficient (Wildman–Crippen LogP) is 3.78. The molecule has 0 bridgehead atoms. The lowest BCUT2D eigenvalue weighted by molar-refractivity contribution is -0.125. The zero-order valence-corrected chi connectivity index (χ0v) is 18.1. The van der Waals surface area contributed by atoms with Crippen LogP contribution in [-0.4, -0.2) is 60.8 Å². The molecule has 1 N–H and O–H groups in total. The van der Waals surface area contributed by atoms with Crippen molar-refractivity contribution in [3.63, 3.8) is 0 Å². The van der Waals surface area contributed by atoms with Gasteiger partial charge in [-0.2, -0.15) is 0 Å². The molecular weight excluding hydrogens is 332 g/mol. The Hall–Kier alpha value is -0.380. The molecule has 152 valence electrons. The molecule has 5 aliphatic rings. The smallest absolute Gasteiger partial charge is 0.0617 e. The number of likely N-dealkylation sites (tertiary alicyclic amines) is 1. The highest BCUT2D eigenvalue weighted by Crippen LogP contribution is 2.68. The van der Waals surface area contributed by atoms with Gasteiger partial charge in [-0.3, -0.25) is 0 Å². The van der Waals surface area contributed by atoms with Crippen LogP contribution in [0.3, 0.4) is 0 Å². The number of nitrogens with zero attached hydrogens (tertiary/aromatic N) is 2. The van der Waals surface area contributed by atoms with Crippen molar-refractivity contribution in [2.45, 2.75) is 77.0 Å². The van der Waals surface area contributed by atoms with Gasteiger partial charge in [-0.25, -0.2) is 0 Å². The van der Waals surface area contributed by atoms with Crippen LogP contribution in [0.2, 0.25) is 0 Å². The molecule has 4 aliphatic carbocycles. The Morgan fingerprint density at radius 2 is 1.89 bits per heavy atom. The zero-order valence-electron chi connectivity index (χ0n) is 18.1. The Labute approximate surface area is 166 Å². The summed E-state index contributed by atoms with van der Waals surface area (Å²) in [5, 5.41) is 11.6. The summed E-state index contributed by atoms with van der Waals surface area (Å²) in [6.45, 7) is 6.09. The van der Waals surface area contributed by atoms with Crippen LogP contribution in [0.4, 0.5) is 0 Å². The van der Waals surface area contributed by atoms with Crippen molar-refractivity contribution in [3.05, 3.63) is 11.6 Å². The van der Waals surface area contributed by atoms with Crippen LogP contribution in [-0.2, 0) is 0 Å². The average molecular weight is 373 g/mol. The lowest BCUT2D eigenvalue weighted by atomic mass is 9.46. The van der Waals surface area contributed by atoms with Crippen LogP contribution in [0.25, 0.3) is 0 Å². The highest BCUT2D eigenvalue weighted by molar-refractivity contribution is 5.27. The summed E-state index contributed by atoms with van der Waals surface area (Å²) in [6, 6.07) is 1.35. The maximum atomic E-state index is 11.6. The van der Waals surface area contributed by atoms with Gasteiger partial charge in [-0.05, 0) is 102 Å². The molecule has 0 aromatic heterocycles. The van der Waals surface area contributed by atoms with Crippen LogP contribution < -0.4 is 0 Å². The van der Waals surface area contributed by atoms with E-state index in [2.05, 4.69) is 50.9 Å². The Bertz CT molecular complexity index is 644.